The Morgan fingerprint density at radius 1 is 1.45 bits per heavy atom. The predicted molar refractivity (Wildman–Crippen MR) is 77.2 cm³/mol. The van der Waals surface area contributed by atoms with Crippen molar-refractivity contribution in [3.8, 4) is 0 Å². The number of rotatable bonds is 4. The van der Waals surface area contributed by atoms with E-state index in [0.717, 1.165) is 0 Å². The first-order valence-electron chi connectivity index (χ1n) is 6.63. The number of sulfonamides is 1. The summed E-state index contributed by atoms with van der Waals surface area (Å²) in [7, 11) is -1.93. The van der Waals surface area contributed by atoms with Crippen molar-refractivity contribution >= 4 is 15.8 Å². The third-order valence-electron chi connectivity index (χ3n) is 3.32. The summed E-state index contributed by atoms with van der Waals surface area (Å²) in [5, 5.41) is 2.80. The normalized spacial score (nSPS) is 22.4. The lowest BCUT2D eigenvalue weighted by atomic mass is 9.95. The molecular weight excluding hydrogens is 278 g/mol. The summed E-state index contributed by atoms with van der Waals surface area (Å²) in [6, 6.07) is 3.04. The zero-order valence-electron chi connectivity index (χ0n) is 12.0. The highest BCUT2D eigenvalue weighted by Crippen LogP contribution is 2.26. The molecule has 0 aromatic carbocycles. The van der Waals surface area contributed by atoms with Crippen LogP contribution in [0.25, 0.3) is 0 Å². The molecule has 2 rings (SSSR count). The minimum absolute atomic E-state index is 0.117. The summed E-state index contributed by atoms with van der Waals surface area (Å²) in [5.74, 6) is 0.353. The fourth-order valence-electron chi connectivity index (χ4n) is 2.41. The highest BCUT2D eigenvalue weighted by molar-refractivity contribution is 7.89. The summed E-state index contributed by atoms with van der Waals surface area (Å²) < 4.78 is 33.3. The molecule has 1 fully saturated rings. The zero-order chi connectivity index (χ0) is 14.8. The molecule has 0 spiro atoms. The van der Waals surface area contributed by atoms with Crippen molar-refractivity contribution < 1.29 is 13.2 Å². The monoisotopic (exact) mass is 299 g/mol. The molecule has 112 valence electrons. The number of aromatic nitrogens is 1. The number of anilines is 1. The summed E-state index contributed by atoms with van der Waals surface area (Å²) in [5.41, 5.74) is -0.299. The molecule has 1 aromatic heterocycles. The third-order valence-corrected chi connectivity index (χ3v) is 4.87. The van der Waals surface area contributed by atoms with Gasteiger partial charge in [-0.2, -0.15) is 0 Å². The number of nitrogens with zero attached hydrogens (tertiary/aromatic N) is 1. The van der Waals surface area contributed by atoms with Crippen LogP contribution in [0.4, 0.5) is 5.82 Å². The van der Waals surface area contributed by atoms with E-state index in [0.29, 0.717) is 25.3 Å². The number of hydrogen-bond acceptors (Lipinski definition) is 5. The first-order valence-corrected chi connectivity index (χ1v) is 8.11. The molecule has 20 heavy (non-hydrogen) atoms. The van der Waals surface area contributed by atoms with Gasteiger partial charge in [0.25, 0.3) is 0 Å². The molecule has 1 aliphatic heterocycles. The van der Waals surface area contributed by atoms with Crippen LogP contribution >= 0.6 is 0 Å². The topological polar surface area (TPSA) is 80.3 Å². The van der Waals surface area contributed by atoms with Gasteiger partial charge in [-0.1, -0.05) is 0 Å². The first kappa shape index (κ1) is 15.2. The Hall–Kier alpha value is -1.18. The van der Waals surface area contributed by atoms with Crippen molar-refractivity contribution in [2.24, 2.45) is 0 Å². The zero-order valence-corrected chi connectivity index (χ0v) is 12.8. The smallest absolute Gasteiger partial charge is 0.244 e. The van der Waals surface area contributed by atoms with E-state index in [1.807, 2.05) is 13.8 Å². The van der Waals surface area contributed by atoms with Crippen molar-refractivity contribution in [2.45, 2.75) is 43.2 Å². The lowest BCUT2D eigenvalue weighted by Gasteiger charge is -2.35. The van der Waals surface area contributed by atoms with Gasteiger partial charge >= 0.3 is 0 Å². The molecule has 0 amide bonds. The van der Waals surface area contributed by atoms with Gasteiger partial charge in [0, 0.05) is 25.9 Å². The van der Waals surface area contributed by atoms with Gasteiger partial charge in [0.2, 0.25) is 10.0 Å². The van der Waals surface area contributed by atoms with Crippen molar-refractivity contribution in [3.05, 3.63) is 18.3 Å². The van der Waals surface area contributed by atoms with E-state index in [1.165, 1.54) is 0 Å². The second-order valence-corrected chi connectivity index (χ2v) is 7.20. The molecule has 1 unspecified atom stereocenters. The number of pyridine rings is 1. The fourth-order valence-corrected chi connectivity index (χ4v) is 3.84. The van der Waals surface area contributed by atoms with Gasteiger partial charge in [-0.3, -0.25) is 0 Å². The third kappa shape index (κ3) is 3.47. The average molecular weight is 299 g/mol. The molecule has 2 heterocycles. The van der Waals surface area contributed by atoms with E-state index in [2.05, 4.69) is 15.0 Å². The quantitative estimate of drug-likeness (QED) is 0.877. The maximum atomic E-state index is 12.5. The van der Waals surface area contributed by atoms with Gasteiger partial charge < -0.3 is 10.1 Å². The minimum Gasteiger partial charge on any atom is -0.375 e. The van der Waals surface area contributed by atoms with Gasteiger partial charge in [0.05, 0.1) is 5.60 Å². The van der Waals surface area contributed by atoms with Crippen molar-refractivity contribution in [2.75, 3.05) is 19.0 Å². The van der Waals surface area contributed by atoms with E-state index in [4.69, 9.17) is 4.74 Å². The molecule has 1 aliphatic rings. The van der Waals surface area contributed by atoms with Crippen LogP contribution in [-0.4, -0.2) is 38.7 Å². The Bertz CT molecular complexity index is 572. The van der Waals surface area contributed by atoms with Gasteiger partial charge in [-0.05, 0) is 38.8 Å². The predicted octanol–water partition coefficient (Wildman–Crippen LogP) is 1.36. The van der Waals surface area contributed by atoms with Crippen LogP contribution in [-0.2, 0) is 14.8 Å². The van der Waals surface area contributed by atoms with Crippen LogP contribution in [0.2, 0.25) is 0 Å². The largest absolute Gasteiger partial charge is 0.375 e. The summed E-state index contributed by atoms with van der Waals surface area (Å²) in [4.78, 5) is 4.20. The lowest BCUT2D eigenvalue weighted by molar-refractivity contribution is -0.0599. The van der Waals surface area contributed by atoms with E-state index in [-0.39, 0.29) is 16.5 Å². The van der Waals surface area contributed by atoms with Gasteiger partial charge in [0.15, 0.2) is 0 Å². The van der Waals surface area contributed by atoms with Crippen LogP contribution in [0, 0.1) is 0 Å². The molecule has 7 heteroatoms. The van der Waals surface area contributed by atoms with Gasteiger partial charge in [-0.15, -0.1) is 0 Å². The van der Waals surface area contributed by atoms with Crippen LogP contribution in [0.5, 0.6) is 0 Å². The molecule has 0 bridgehead atoms. The van der Waals surface area contributed by atoms with E-state index in [9.17, 15) is 8.42 Å². The molecular formula is C13H21N3O3S. The number of hydrogen-bond donors (Lipinski definition) is 2. The maximum absolute atomic E-state index is 12.5. The highest BCUT2D eigenvalue weighted by Gasteiger charge is 2.32. The Kier molecular flexibility index (Phi) is 4.31. The molecule has 1 aromatic rings. The number of nitrogens with one attached hydrogen (secondary N) is 2. The summed E-state index contributed by atoms with van der Waals surface area (Å²) >= 11 is 0. The van der Waals surface area contributed by atoms with Crippen molar-refractivity contribution in [1.82, 2.24) is 9.71 Å². The van der Waals surface area contributed by atoms with Crippen LogP contribution in [0.3, 0.4) is 0 Å². The van der Waals surface area contributed by atoms with Crippen molar-refractivity contribution in [1.29, 1.82) is 0 Å². The second-order valence-electron chi connectivity index (χ2n) is 5.52. The van der Waals surface area contributed by atoms with Gasteiger partial charge in [0.1, 0.15) is 10.7 Å². The summed E-state index contributed by atoms with van der Waals surface area (Å²) in [6.45, 7) is 4.50. The molecule has 6 nitrogen and oxygen atoms in total. The Labute approximate surface area is 120 Å². The summed E-state index contributed by atoms with van der Waals surface area (Å²) in [6.07, 6.45) is 2.89. The van der Waals surface area contributed by atoms with Gasteiger partial charge in [-0.25, -0.2) is 18.1 Å². The molecule has 0 radical (unpaired) electrons. The van der Waals surface area contributed by atoms with E-state index in [1.54, 1.807) is 25.4 Å². The van der Waals surface area contributed by atoms with Crippen molar-refractivity contribution in [3.63, 3.8) is 0 Å². The van der Waals surface area contributed by atoms with E-state index >= 15 is 0 Å². The molecule has 1 saturated heterocycles. The maximum Gasteiger partial charge on any atom is 0.244 e. The second kappa shape index (κ2) is 5.67. The Morgan fingerprint density at radius 2 is 2.20 bits per heavy atom. The first-order chi connectivity index (χ1) is 9.34. The molecule has 1 atom stereocenters. The Morgan fingerprint density at radius 3 is 2.85 bits per heavy atom. The average Bonchev–Trinajstić information content (AvgIpc) is 2.37. The van der Waals surface area contributed by atoms with Crippen LogP contribution < -0.4 is 10.0 Å². The highest BCUT2D eigenvalue weighted by atomic mass is 32.2. The number of ether oxygens (including phenoxy) is 1. The van der Waals surface area contributed by atoms with Crippen LogP contribution in [0.15, 0.2) is 23.2 Å². The van der Waals surface area contributed by atoms with E-state index < -0.39 is 10.0 Å². The van der Waals surface area contributed by atoms with Crippen LogP contribution in [0.1, 0.15) is 26.7 Å². The molecule has 0 saturated carbocycles. The molecule has 0 aliphatic carbocycles. The fraction of sp³-hybridized carbons (Fsp3) is 0.615. The Balaban J connectivity index is 2.19. The lowest BCUT2D eigenvalue weighted by Crippen LogP contribution is -2.45. The minimum atomic E-state index is -3.58. The molecule has 2 N–H and O–H groups in total. The standard InChI is InChI=1S/C13H21N3O3S/c1-13(2)9-10(6-8-19-13)16-20(17,18)11-5-4-7-15-12(11)14-3/h4-5,7,10,16H,6,8-9H2,1-3H3,(H,14,15). The SMILES string of the molecule is CNc1ncccc1S(=O)(=O)NC1CCOC(C)(C)C1.